The highest BCUT2D eigenvalue weighted by Gasteiger charge is 2.47. The molecule has 190 valence electrons. The van der Waals surface area contributed by atoms with E-state index in [0.717, 1.165) is 63.0 Å². The molecule has 2 saturated heterocycles. The molecule has 3 heterocycles. The number of aromatic nitrogens is 1. The maximum atomic E-state index is 13.3. The number of hydrogen-bond acceptors (Lipinski definition) is 5. The van der Waals surface area contributed by atoms with Crippen molar-refractivity contribution < 1.29 is 14.4 Å². The summed E-state index contributed by atoms with van der Waals surface area (Å²) in [6.07, 6.45) is 8.67. The van der Waals surface area contributed by atoms with Gasteiger partial charge in [0.2, 0.25) is 11.8 Å². The fraction of sp³-hybridized carbons (Fsp3) is 0.517. The Labute approximate surface area is 213 Å². The Bertz CT molecular complexity index is 1070. The van der Waals surface area contributed by atoms with Crippen LogP contribution in [0, 0.1) is 11.3 Å². The first-order valence-corrected chi connectivity index (χ1v) is 13.3. The SMILES string of the molecule is O=C1CCC(C(=O)N[C@@H](CCN2CCC3(CC2)CCN(Cc2cccnc2)C3=O)c2ccccc2)C1. The standard InChI is InChI=1S/C29H36N4O3/c34-25-9-8-24(19-25)27(35)31-26(23-6-2-1-3-7-23)10-15-32-16-11-29(12-17-32)13-18-33(28(29)36)21-22-5-4-14-30-20-22/h1-7,14,20,24,26H,8-13,15-19,21H2,(H,31,35)/t24?,26-/m0/s1. The van der Waals surface area contributed by atoms with Gasteiger partial charge in [0.05, 0.1) is 11.5 Å². The van der Waals surface area contributed by atoms with Gasteiger partial charge in [0.15, 0.2) is 0 Å². The van der Waals surface area contributed by atoms with Crippen LogP contribution < -0.4 is 5.32 Å². The molecule has 1 spiro atoms. The summed E-state index contributed by atoms with van der Waals surface area (Å²) in [6.45, 7) is 4.13. The van der Waals surface area contributed by atoms with Crippen LogP contribution in [-0.2, 0) is 20.9 Å². The number of piperidine rings is 1. The molecule has 2 atom stereocenters. The smallest absolute Gasteiger partial charge is 0.229 e. The largest absolute Gasteiger partial charge is 0.349 e. The van der Waals surface area contributed by atoms with Gasteiger partial charge in [-0.1, -0.05) is 36.4 Å². The molecule has 0 radical (unpaired) electrons. The van der Waals surface area contributed by atoms with Crippen molar-refractivity contribution in [2.24, 2.45) is 11.3 Å². The van der Waals surface area contributed by atoms with Crippen LogP contribution >= 0.6 is 0 Å². The number of carbonyl (C=O) groups excluding carboxylic acids is 3. The summed E-state index contributed by atoms with van der Waals surface area (Å²) in [5.41, 5.74) is 1.96. The number of benzene rings is 1. The molecule has 1 aromatic heterocycles. The molecule has 1 unspecified atom stereocenters. The quantitative estimate of drug-likeness (QED) is 0.615. The first-order valence-electron chi connectivity index (χ1n) is 13.3. The molecule has 2 aliphatic heterocycles. The van der Waals surface area contributed by atoms with Crippen LogP contribution in [0.3, 0.4) is 0 Å². The van der Waals surface area contributed by atoms with E-state index in [2.05, 4.69) is 27.3 Å². The third-order valence-electron chi connectivity index (χ3n) is 8.38. The zero-order valence-corrected chi connectivity index (χ0v) is 20.9. The second kappa shape index (κ2) is 10.9. The lowest BCUT2D eigenvalue weighted by Gasteiger charge is -2.38. The Hall–Kier alpha value is -3.06. The molecule has 1 saturated carbocycles. The van der Waals surface area contributed by atoms with Gasteiger partial charge >= 0.3 is 0 Å². The van der Waals surface area contributed by atoms with Crippen molar-refractivity contribution in [3.8, 4) is 0 Å². The molecular weight excluding hydrogens is 452 g/mol. The van der Waals surface area contributed by atoms with Crippen molar-refractivity contribution in [2.45, 2.75) is 57.5 Å². The van der Waals surface area contributed by atoms with Crippen LogP contribution in [0.5, 0.6) is 0 Å². The normalized spacial score (nSPS) is 22.8. The van der Waals surface area contributed by atoms with Gasteiger partial charge in [0.1, 0.15) is 5.78 Å². The third-order valence-corrected chi connectivity index (χ3v) is 8.38. The highest BCUT2D eigenvalue weighted by atomic mass is 16.2. The van der Waals surface area contributed by atoms with Crippen molar-refractivity contribution >= 4 is 17.6 Å². The van der Waals surface area contributed by atoms with E-state index in [1.165, 1.54) is 0 Å². The van der Waals surface area contributed by atoms with E-state index in [4.69, 9.17) is 0 Å². The van der Waals surface area contributed by atoms with Gasteiger partial charge < -0.3 is 15.1 Å². The maximum Gasteiger partial charge on any atom is 0.229 e. The molecule has 0 bridgehead atoms. The molecule has 3 aliphatic rings. The van der Waals surface area contributed by atoms with Crippen molar-refractivity contribution in [3.05, 3.63) is 66.0 Å². The molecule has 2 aromatic rings. The predicted molar refractivity (Wildman–Crippen MR) is 137 cm³/mol. The lowest BCUT2D eigenvalue weighted by atomic mass is 9.77. The van der Waals surface area contributed by atoms with Gasteiger partial charge in [0, 0.05) is 50.8 Å². The van der Waals surface area contributed by atoms with Crippen molar-refractivity contribution in [2.75, 3.05) is 26.2 Å². The number of pyridine rings is 1. The van der Waals surface area contributed by atoms with Crippen LogP contribution in [0.4, 0.5) is 0 Å². The topological polar surface area (TPSA) is 82.6 Å². The van der Waals surface area contributed by atoms with Gasteiger partial charge in [-0.3, -0.25) is 19.4 Å². The summed E-state index contributed by atoms with van der Waals surface area (Å²) >= 11 is 0. The third kappa shape index (κ3) is 5.51. The second-order valence-corrected chi connectivity index (χ2v) is 10.7. The van der Waals surface area contributed by atoms with Crippen molar-refractivity contribution in [3.63, 3.8) is 0 Å². The molecule has 3 fully saturated rings. The number of likely N-dealkylation sites (tertiary alicyclic amines) is 2. The predicted octanol–water partition coefficient (Wildman–Crippen LogP) is 3.51. The molecule has 2 amide bonds. The molecule has 7 heteroatoms. The van der Waals surface area contributed by atoms with E-state index in [9.17, 15) is 14.4 Å². The number of amides is 2. The molecular formula is C29H36N4O3. The van der Waals surface area contributed by atoms with E-state index in [1.807, 2.05) is 41.4 Å². The lowest BCUT2D eigenvalue weighted by molar-refractivity contribution is -0.139. The highest BCUT2D eigenvalue weighted by Crippen LogP contribution is 2.42. The van der Waals surface area contributed by atoms with E-state index in [0.29, 0.717) is 31.7 Å². The Kier molecular flexibility index (Phi) is 7.46. The number of rotatable bonds is 8. The zero-order chi connectivity index (χ0) is 25.0. The van der Waals surface area contributed by atoms with Crippen LogP contribution in [0.25, 0.3) is 0 Å². The van der Waals surface area contributed by atoms with Gasteiger partial charge in [-0.05, 0) is 62.4 Å². The van der Waals surface area contributed by atoms with E-state index in [-0.39, 0.29) is 29.1 Å². The Morgan fingerprint density at radius 3 is 2.53 bits per heavy atom. The molecule has 5 rings (SSSR count). The number of hydrogen-bond donors (Lipinski definition) is 1. The van der Waals surface area contributed by atoms with Gasteiger partial charge in [0.25, 0.3) is 0 Å². The van der Waals surface area contributed by atoms with Crippen LogP contribution in [0.1, 0.15) is 62.1 Å². The Morgan fingerprint density at radius 1 is 1.06 bits per heavy atom. The molecule has 1 aromatic carbocycles. The van der Waals surface area contributed by atoms with Crippen molar-refractivity contribution in [1.29, 1.82) is 0 Å². The number of ketones is 1. The number of nitrogens with one attached hydrogen (secondary N) is 1. The summed E-state index contributed by atoms with van der Waals surface area (Å²) in [6, 6.07) is 14.0. The van der Waals surface area contributed by atoms with Crippen LogP contribution in [0.15, 0.2) is 54.9 Å². The molecule has 1 N–H and O–H groups in total. The second-order valence-electron chi connectivity index (χ2n) is 10.7. The molecule has 7 nitrogen and oxygen atoms in total. The fourth-order valence-electron chi connectivity index (χ4n) is 6.07. The number of carbonyl (C=O) groups is 3. The van der Waals surface area contributed by atoms with Crippen molar-refractivity contribution in [1.82, 2.24) is 20.1 Å². The van der Waals surface area contributed by atoms with E-state index in [1.54, 1.807) is 6.20 Å². The van der Waals surface area contributed by atoms with Crippen LogP contribution in [0.2, 0.25) is 0 Å². The summed E-state index contributed by atoms with van der Waals surface area (Å²) in [5, 5.41) is 3.24. The zero-order valence-electron chi connectivity index (χ0n) is 20.9. The lowest BCUT2D eigenvalue weighted by Crippen LogP contribution is -2.45. The highest BCUT2D eigenvalue weighted by molar-refractivity contribution is 5.90. The Balaban J connectivity index is 1.15. The first kappa shape index (κ1) is 24.6. The number of nitrogens with zero attached hydrogens (tertiary/aromatic N) is 3. The minimum absolute atomic E-state index is 0.00226. The first-order chi connectivity index (χ1) is 17.5. The average Bonchev–Trinajstić information content (AvgIpc) is 3.48. The summed E-state index contributed by atoms with van der Waals surface area (Å²) in [7, 11) is 0. The molecule has 36 heavy (non-hydrogen) atoms. The maximum absolute atomic E-state index is 13.3. The summed E-state index contributed by atoms with van der Waals surface area (Å²) < 4.78 is 0. The van der Waals surface area contributed by atoms with Crippen LogP contribution in [-0.4, -0.2) is 58.6 Å². The van der Waals surface area contributed by atoms with Gasteiger partial charge in [-0.2, -0.15) is 0 Å². The molecule has 1 aliphatic carbocycles. The summed E-state index contributed by atoms with van der Waals surface area (Å²) in [5.74, 6) is 0.291. The summed E-state index contributed by atoms with van der Waals surface area (Å²) in [4.78, 5) is 46.5. The van der Waals surface area contributed by atoms with E-state index < -0.39 is 0 Å². The Morgan fingerprint density at radius 2 is 1.83 bits per heavy atom. The van der Waals surface area contributed by atoms with Gasteiger partial charge in [-0.15, -0.1) is 0 Å². The number of Topliss-reactive ketones (excluding diaryl/α,β-unsaturated/α-hetero) is 1. The van der Waals surface area contributed by atoms with Gasteiger partial charge in [-0.25, -0.2) is 0 Å². The minimum Gasteiger partial charge on any atom is -0.349 e. The monoisotopic (exact) mass is 488 g/mol. The fourth-order valence-corrected chi connectivity index (χ4v) is 6.07. The minimum atomic E-state index is -0.221. The van der Waals surface area contributed by atoms with E-state index >= 15 is 0 Å². The average molecular weight is 489 g/mol.